The van der Waals surface area contributed by atoms with Crippen molar-refractivity contribution in [1.82, 2.24) is 4.31 Å². The van der Waals surface area contributed by atoms with Crippen LogP contribution in [0, 0.1) is 11.3 Å². The van der Waals surface area contributed by atoms with Crippen LogP contribution in [-0.4, -0.2) is 44.9 Å². The molecule has 1 aliphatic rings. The molecule has 9 heteroatoms. The molecular weight excluding hydrogens is 442 g/mol. The Morgan fingerprint density at radius 3 is 2.36 bits per heavy atom. The smallest absolute Gasteiger partial charge is 0.255 e. The topological polar surface area (TPSA) is 109 Å². The summed E-state index contributed by atoms with van der Waals surface area (Å²) in [5, 5.41) is 11.7. The Hall–Kier alpha value is -3.71. The molecule has 0 bridgehead atoms. The highest BCUT2D eigenvalue weighted by Gasteiger charge is 2.27. The van der Waals surface area contributed by atoms with Gasteiger partial charge in [-0.1, -0.05) is 18.2 Å². The number of nitrogens with one attached hydrogen (secondary N) is 1. The van der Waals surface area contributed by atoms with E-state index in [0.717, 1.165) is 0 Å². The van der Waals surface area contributed by atoms with Gasteiger partial charge in [0.05, 0.1) is 35.4 Å². The summed E-state index contributed by atoms with van der Waals surface area (Å²) in [4.78, 5) is 12.9. The minimum absolute atomic E-state index is 0.0416. The molecule has 168 valence electrons. The predicted octanol–water partition coefficient (Wildman–Crippen LogP) is 3.62. The highest BCUT2D eigenvalue weighted by atomic mass is 32.2. The van der Waals surface area contributed by atoms with Crippen LogP contribution in [0.4, 0.5) is 5.69 Å². The van der Waals surface area contributed by atoms with Crippen LogP contribution in [0.3, 0.4) is 0 Å². The molecule has 0 spiro atoms. The van der Waals surface area contributed by atoms with E-state index in [1.54, 1.807) is 12.1 Å². The first kappa shape index (κ1) is 22.5. The van der Waals surface area contributed by atoms with Gasteiger partial charge in [0.2, 0.25) is 10.0 Å². The van der Waals surface area contributed by atoms with Gasteiger partial charge in [0, 0.05) is 18.7 Å². The molecule has 4 rings (SSSR count). The first-order valence-corrected chi connectivity index (χ1v) is 11.7. The number of carbonyl (C=O) groups is 1. The third-order valence-corrected chi connectivity index (χ3v) is 6.95. The van der Waals surface area contributed by atoms with Crippen LogP contribution in [0.1, 0.15) is 15.9 Å². The van der Waals surface area contributed by atoms with Gasteiger partial charge in [-0.3, -0.25) is 4.79 Å². The van der Waals surface area contributed by atoms with Crippen molar-refractivity contribution in [3.63, 3.8) is 0 Å². The standard InChI is InChI=1S/C24H21N3O5S/c25-17-18-6-8-19(9-7-18)24(28)26-22-16-21(33(29,30)27-12-14-31-15-13-27)10-11-23(22)32-20-4-2-1-3-5-20/h1-11,16H,12-15H2,(H,26,28). The highest BCUT2D eigenvalue weighted by molar-refractivity contribution is 7.89. The van der Waals surface area contributed by atoms with Crippen molar-refractivity contribution in [3.8, 4) is 17.6 Å². The zero-order valence-corrected chi connectivity index (χ0v) is 18.4. The number of ether oxygens (including phenoxy) is 2. The van der Waals surface area contributed by atoms with E-state index in [2.05, 4.69) is 5.32 Å². The van der Waals surface area contributed by atoms with Gasteiger partial charge in [-0.25, -0.2) is 8.42 Å². The molecule has 0 radical (unpaired) electrons. The minimum atomic E-state index is -3.77. The fourth-order valence-electron chi connectivity index (χ4n) is 3.30. The van der Waals surface area contributed by atoms with E-state index >= 15 is 0 Å². The number of hydrogen-bond acceptors (Lipinski definition) is 6. The van der Waals surface area contributed by atoms with Crippen molar-refractivity contribution in [3.05, 3.63) is 83.9 Å². The summed E-state index contributed by atoms with van der Waals surface area (Å²) in [5.74, 6) is 0.373. The molecule has 1 heterocycles. The molecule has 1 amide bonds. The van der Waals surface area contributed by atoms with E-state index < -0.39 is 15.9 Å². The normalized spacial score (nSPS) is 14.3. The molecule has 0 aromatic heterocycles. The van der Waals surface area contributed by atoms with Crippen LogP contribution in [0.15, 0.2) is 77.7 Å². The molecule has 0 unspecified atom stereocenters. The molecule has 0 saturated carbocycles. The number of nitrogens with zero attached hydrogens (tertiary/aromatic N) is 2. The Labute approximate surface area is 192 Å². The van der Waals surface area contributed by atoms with E-state index in [-0.39, 0.29) is 23.7 Å². The van der Waals surface area contributed by atoms with Gasteiger partial charge >= 0.3 is 0 Å². The second-order valence-corrected chi connectivity index (χ2v) is 9.17. The average molecular weight is 464 g/mol. The quantitative estimate of drug-likeness (QED) is 0.598. The number of anilines is 1. The van der Waals surface area contributed by atoms with E-state index in [0.29, 0.717) is 35.8 Å². The third kappa shape index (κ3) is 5.21. The fourth-order valence-corrected chi connectivity index (χ4v) is 4.73. The van der Waals surface area contributed by atoms with Crippen LogP contribution in [0.2, 0.25) is 0 Å². The maximum absolute atomic E-state index is 13.1. The molecule has 0 atom stereocenters. The van der Waals surface area contributed by atoms with Crippen molar-refractivity contribution < 1.29 is 22.7 Å². The second-order valence-electron chi connectivity index (χ2n) is 7.23. The van der Waals surface area contributed by atoms with Crippen molar-refractivity contribution in [2.24, 2.45) is 0 Å². The minimum Gasteiger partial charge on any atom is -0.455 e. The Balaban J connectivity index is 1.68. The zero-order valence-electron chi connectivity index (χ0n) is 17.6. The summed E-state index contributed by atoms with van der Waals surface area (Å²) in [6.45, 7) is 1.18. The van der Waals surface area contributed by atoms with Crippen molar-refractivity contribution in [2.75, 3.05) is 31.6 Å². The maximum Gasteiger partial charge on any atom is 0.255 e. The van der Waals surface area contributed by atoms with Gasteiger partial charge in [-0.2, -0.15) is 9.57 Å². The number of benzene rings is 3. The first-order chi connectivity index (χ1) is 16.0. The number of carbonyl (C=O) groups excluding carboxylic acids is 1. The molecule has 1 N–H and O–H groups in total. The van der Waals surface area contributed by atoms with Crippen molar-refractivity contribution in [2.45, 2.75) is 4.90 Å². The summed E-state index contributed by atoms with van der Waals surface area (Å²) in [7, 11) is -3.77. The van der Waals surface area contributed by atoms with Gasteiger partial charge in [-0.15, -0.1) is 0 Å². The van der Waals surface area contributed by atoms with E-state index in [1.807, 2.05) is 24.3 Å². The molecule has 1 saturated heterocycles. The number of para-hydroxylation sites is 1. The molecule has 3 aromatic carbocycles. The monoisotopic (exact) mass is 463 g/mol. The van der Waals surface area contributed by atoms with Crippen LogP contribution in [0.5, 0.6) is 11.5 Å². The van der Waals surface area contributed by atoms with Crippen LogP contribution in [-0.2, 0) is 14.8 Å². The van der Waals surface area contributed by atoms with Gasteiger partial charge in [0.25, 0.3) is 5.91 Å². The summed E-state index contributed by atoms with van der Waals surface area (Å²) in [5.41, 5.74) is 0.960. The van der Waals surface area contributed by atoms with Crippen LogP contribution in [0.25, 0.3) is 0 Å². The Kier molecular flexibility index (Phi) is 6.70. The SMILES string of the molecule is N#Cc1ccc(C(=O)Nc2cc(S(=O)(=O)N3CCOCC3)ccc2Oc2ccccc2)cc1. The summed E-state index contributed by atoms with van der Waals surface area (Å²) >= 11 is 0. The number of morpholine rings is 1. The summed E-state index contributed by atoms with van der Waals surface area (Å²) in [6.07, 6.45) is 0. The number of nitriles is 1. The van der Waals surface area contributed by atoms with E-state index in [1.165, 1.54) is 46.8 Å². The average Bonchev–Trinajstić information content (AvgIpc) is 2.86. The van der Waals surface area contributed by atoms with E-state index in [4.69, 9.17) is 14.7 Å². The van der Waals surface area contributed by atoms with Gasteiger partial charge in [0.15, 0.2) is 5.75 Å². The summed E-state index contributed by atoms with van der Waals surface area (Å²) < 4.78 is 38.8. The van der Waals surface area contributed by atoms with Crippen LogP contribution >= 0.6 is 0 Å². The fraction of sp³-hybridized carbons (Fsp3) is 0.167. The molecule has 1 aliphatic heterocycles. The van der Waals surface area contributed by atoms with E-state index in [9.17, 15) is 13.2 Å². The molecule has 3 aromatic rings. The lowest BCUT2D eigenvalue weighted by Crippen LogP contribution is -2.40. The van der Waals surface area contributed by atoms with Crippen molar-refractivity contribution >= 4 is 21.6 Å². The number of amides is 1. The van der Waals surface area contributed by atoms with Crippen LogP contribution < -0.4 is 10.1 Å². The molecular formula is C24H21N3O5S. The molecule has 33 heavy (non-hydrogen) atoms. The molecule has 8 nitrogen and oxygen atoms in total. The lowest BCUT2D eigenvalue weighted by Gasteiger charge is -2.26. The number of sulfonamides is 1. The largest absolute Gasteiger partial charge is 0.455 e. The Morgan fingerprint density at radius 2 is 1.70 bits per heavy atom. The molecule has 1 fully saturated rings. The summed E-state index contributed by atoms with van der Waals surface area (Å²) in [6, 6.07) is 21.5. The molecule has 0 aliphatic carbocycles. The van der Waals surface area contributed by atoms with Gasteiger partial charge in [-0.05, 0) is 54.6 Å². The lowest BCUT2D eigenvalue weighted by molar-refractivity contribution is 0.0730. The third-order valence-electron chi connectivity index (χ3n) is 5.05. The van der Waals surface area contributed by atoms with Gasteiger partial charge < -0.3 is 14.8 Å². The second kappa shape index (κ2) is 9.83. The predicted molar refractivity (Wildman–Crippen MR) is 122 cm³/mol. The van der Waals surface area contributed by atoms with Gasteiger partial charge in [0.1, 0.15) is 5.75 Å². The first-order valence-electron chi connectivity index (χ1n) is 10.2. The zero-order chi connectivity index (χ0) is 23.3. The lowest BCUT2D eigenvalue weighted by atomic mass is 10.1. The number of hydrogen-bond donors (Lipinski definition) is 1. The highest BCUT2D eigenvalue weighted by Crippen LogP contribution is 2.33. The Morgan fingerprint density at radius 1 is 1.00 bits per heavy atom. The maximum atomic E-state index is 13.1. The van der Waals surface area contributed by atoms with Crippen molar-refractivity contribution in [1.29, 1.82) is 5.26 Å². The number of rotatable bonds is 6. The Bertz CT molecular complexity index is 1280.